The topological polar surface area (TPSA) is 117 Å². The highest BCUT2D eigenvalue weighted by atomic mass is 32.1. The first-order valence-corrected chi connectivity index (χ1v) is 10.4. The van der Waals surface area contributed by atoms with Gasteiger partial charge in [-0.15, -0.1) is 11.3 Å². The SMILES string of the molecule is COC(=O)c1c(NC(=O)COC(=O)c2ccc(=O)n(Cc3ccccc3)n2)sc(C)c1C. The Morgan fingerprint density at radius 2 is 1.78 bits per heavy atom. The van der Waals surface area contributed by atoms with Crippen LogP contribution in [0.3, 0.4) is 0 Å². The minimum Gasteiger partial charge on any atom is -0.465 e. The zero-order valence-electron chi connectivity index (χ0n) is 17.7. The highest BCUT2D eigenvalue weighted by molar-refractivity contribution is 7.16. The Labute approximate surface area is 187 Å². The van der Waals surface area contributed by atoms with E-state index in [1.807, 2.05) is 37.3 Å². The summed E-state index contributed by atoms with van der Waals surface area (Å²) in [6, 6.07) is 11.6. The average Bonchev–Trinajstić information content (AvgIpc) is 3.06. The number of amides is 1. The van der Waals surface area contributed by atoms with Crippen LogP contribution in [0.1, 0.15) is 36.9 Å². The van der Waals surface area contributed by atoms with Gasteiger partial charge in [-0.3, -0.25) is 9.59 Å². The first-order chi connectivity index (χ1) is 15.3. The molecule has 2 aromatic heterocycles. The Hall–Kier alpha value is -3.79. The molecule has 0 spiro atoms. The van der Waals surface area contributed by atoms with E-state index in [1.54, 1.807) is 6.92 Å². The van der Waals surface area contributed by atoms with Crippen molar-refractivity contribution in [2.75, 3.05) is 19.0 Å². The van der Waals surface area contributed by atoms with E-state index in [2.05, 4.69) is 10.4 Å². The third-order valence-corrected chi connectivity index (χ3v) is 5.74. The fourth-order valence-corrected chi connectivity index (χ4v) is 3.92. The van der Waals surface area contributed by atoms with E-state index in [0.29, 0.717) is 10.6 Å². The van der Waals surface area contributed by atoms with Gasteiger partial charge in [-0.1, -0.05) is 30.3 Å². The van der Waals surface area contributed by atoms with E-state index in [9.17, 15) is 19.2 Å². The van der Waals surface area contributed by atoms with Gasteiger partial charge in [0.15, 0.2) is 12.3 Å². The van der Waals surface area contributed by atoms with Gasteiger partial charge in [-0.05, 0) is 31.0 Å². The maximum Gasteiger partial charge on any atom is 0.359 e. The quantitative estimate of drug-likeness (QED) is 0.544. The molecular formula is C22H21N3O6S. The summed E-state index contributed by atoms with van der Waals surface area (Å²) in [5.74, 6) is -2.04. The summed E-state index contributed by atoms with van der Waals surface area (Å²) >= 11 is 1.22. The first-order valence-electron chi connectivity index (χ1n) is 9.57. The lowest BCUT2D eigenvalue weighted by Crippen LogP contribution is -2.27. The van der Waals surface area contributed by atoms with Crippen molar-refractivity contribution in [3.63, 3.8) is 0 Å². The number of hydrogen-bond donors (Lipinski definition) is 1. The maximum absolute atomic E-state index is 12.3. The molecule has 10 heteroatoms. The number of nitrogens with one attached hydrogen (secondary N) is 1. The Bertz CT molecular complexity index is 1220. The van der Waals surface area contributed by atoms with Gasteiger partial charge in [0.1, 0.15) is 5.00 Å². The van der Waals surface area contributed by atoms with Crippen LogP contribution in [0.15, 0.2) is 47.3 Å². The molecule has 0 saturated carbocycles. The Kier molecular flexibility index (Phi) is 7.16. The van der Waals surface area contributed by atoms with Crippen LogP contribution < -0.4 is 10.9 Å². The van der Waals surface area contributed by atoms with Crippen LogP contribution in [0, 0.1) is 13.8 Å². The summed E-state index contributed by atoms with van der Waals surface area (Å²) in [6.07, 6.45) is 0. The van der Waals surface area contributed by atoms with E-state index in [-0.39, 0.29) is 23.4 Å². The number of esters is 2. The number of carbonyl (C=O) groups excluding carboxylic acids is 3. The summed E-state index contributed by atoms with van der Waals surface area (Å²) < 4.78 is 10.9. The molecule has 1 aromatic carbocycles. The molecule has 9 nitrogen and oxygen atoms in total. The highest BCUT2D eigenvalue weighted by Gasteiger charge is 2.22. The number of thiophene rings is 1. The number of methoxy groups -OCH3 is 1. The summed E-state index contributed by atoms with van der Waals surface area (Å²) in [5.41, 5.74) is 1.34. The summed E-state index contributed by atoms with van der Waals surface area (Å²) in [6.45, 7) is 3.17. The van der Waals surface area contributed by atoms with Crippen molar-refractivity contribution in [3.05, 3.63) is 80.1 Å². The molecule has 0 unspecified atom stereocenters. The smallest absolute Gasteiger partial charge is 0.359 e. The Balaban J connectivity index is 1.66. The van der Waals surface area contributed by atoms with Crippen LogP contribution in [0.4, 0.5) is 5.00 Å². The first kappa shape index (κ1) is 22.9. The number of carbonyl (C=O) groups is 3. The second kappa shape index (κ2) is 10.0. The largest absolute Gasteiger partial charge is 0.465 e. The summed E-state index contributed by atoms with van der Waals surface area (Å²) in [5, 5.41) is 6.93. The number of hydrogen-bond acceptors (Lipinski definition) is 8. The van der Waals surface area contributed by atoms with Crippen molar-refractivity contribution < 1.29 is 23.9 Å². The molecule has 166 valence electrons. The van der Waals surface area contributed by atoms with Crippen molar-refractivity contribution in [2.45, 2.75) is 20.4 Å². The Morgan fingerprint density at radius 1 is 1.06 bits per heavy atom. The third-order valence-electron chi connectivity index (χ3n) is 4.61. The molecule has 0 aliphatic heterocycles. The molecule has 0 saturated heterocycles. The average molecular weight is 455 g/mol. The van der Waals surface area contributed by atoms with Gasteiger partial charge in [0.2, 0.25) is 0 Å². The minimum atomic E-state index is -0.853. The fourth-order valence-electron chi connectivity index (χ4n) is 2.86. The number of benzene rings is 1. The van der Waals surface area contributed by atoms with Gasteiger partial charge in [0, 0.05) is 10.9 Å². The lowest BCUT2D eigenvalue weighted by atomic mass is 10.1. The van der Waals surface area contributed by atoms with Gasteiger partial charge in [0.05, 0.1) is 19.2 Å². The molecule has 0 bridgehead atoms. The van der Waals surface area contributed by atoms with Gasteiger partial charge >= 0.3 is 11.9 Å². The predicted molar refractivity (Wildman–Crippen MR) is 118 cm³/mol. The molecule has 3 aromatic rings. The molecular weight excluding hydrogens is 434 g/mol. The molecule has 1 N–H and O–H groups in total. The number of aryl methyl sites for hydroxylation is 1. The van der Waals surface area contributed by atoms with Crippen molar-refractivity contribution in [3.8, 4) is 0 Å². The van der Waals surface area contributed by atoms with E-state index in [4.69, 9.17) is 9.47 Å². The number of anilines is 1. The van der Waals surface area contributed by atoms with Crippen LogP contribution >= 0.6 is 11.3 Å². The van der Waals surface area contributed by atoms with Crippen LogP contribution in [0.25, 0.3) is 0 Å². The number of ether oxygens (including phenoxy) is 2. The standard InChI is InChI=1S/C22H21N3O6S/c1-13-14(2)32-20(19(13)22(29)30-3)23-17(26)12-31-21(28)16-9-10-18(27)25(24-16)11-15-7-5-4-6-8-15/h4-10H,11-12H2,1-3H3,(H,23,26). The Morgan fingerprint density at radius 3 is 2.47 bits per heavy atom. The van der Waals surface area contributed by atoms with E-state index < -0.39 is 24.5 Å². The van der Waals surface area contributed by atoms with Crippen LogP contribution in [0.2, 0.25) is 0 Å². The molecule has 0 aliphatic rings. The molecule has 3 rings (SSSR count). The lowest BCUT2D eigenvalue weighted by Gasteiger charge is -2.08. The van der Waals surface area contributed by atoms with Crippen LogP contribution in [-0.4, -0.2) is 41.3 Å². The zero-order valence-corrected chi connectivity index (χ0v) is 18.5. The fraction of sp³-hybridized carbons (Fsp3) is 0.227. The minimum absolute atomic E-state index is 0.105. The van der Waals surface area contributed by atoms with Crippen LogP contribution in [-0.2, 0) is 20.8 Å². The molecule has 0 radical (unpaired) electrons. The molecule has 32 heavy (non-hydrogen) atoms. The normalized spacial score (nSPS) is 10.5. The third kappa shape index (κ3) is 5.27. The molecule has 1 amide bonds. The summed E-state index contributed by atoms with van der Waals surface area (Å²) in [7, 11) is 1.26. The molecule has 0 fully saturated rings. The van der Waals surface area contributed by atoms with Gasteiger partial charge < -0.3 is 14.8 Å². The van der Waals surface area contributed by atoms with Crippen LogP contribution in [0.5, 0.6) is 0 Å². The van der Waals surface area contributed by atoms with Crippen molar-refractivity contribution in [2.24, 2.45) is 0 Å². The van der Waals surface area contributed by atoms with Crippen molar-refractivity contribution >= 4 is 34.2 Å². The molecule has 0 aliphatic carbocycles. The van der Waals surface area contributed by atoms with Crippen molar-refractivity contribution in [1.29, 1.82) is 0 Å². The number of rotatable bonds is 7. The van der Waals surface area contributed by atoms with Gasteiger partial charge in [-0.25, -0.2) is 14.3 Å². The lowest BCUT2D eigenvalue weighted by molar-refractivity contribution is -0.119. The van der Waals surface area contributed by atoms with Gasteiger partial charge in [-0.2, -0.15) is 5.10 Å². The van der Waals surface area contributed by atoms with E-state index >= 15 is 0 Å². The molecule has 2 heterocycles. The monoisotopic (exact) mass is 455 g/mol. The van der Waals surface area contributed by atoms with Crippen molar-refractivity contribution in [1.82, 2.24) is 9.78 Å². The zero-order chi connectivity index (χ0) is 23.3. The number of aromatic nitrogens is 2. The second-order valence-corrected chi connectivity index (χ2v) is 8.03. The number of nitrogens with zero attached hydrogens (tertiary/aromatic N) is 2. The molecule has 0 atom stereocenters. The maximum atomic E-state index is 12.3. The van der Waals surface area contributed by atoms with E-state index in [1.165, 1.54) is 30.6 Å². The van der Waals surface area contributed by atoms with E-state index in [0.717, 1.165) is 15.1 Å². The highest BCUT2D eigenvalue weighted by Crippen LogP contribution is 2.32. The van der Waals surface area contributed by atoms with Gasteiger partial charge in [0.25, 0.3) is 11.5 Å². The second-order valence-electron chi connectivity index (χ2n) is 6.80. The predicted octanol–water partition coefficient (Wildman–Crippen LogP) is 2.55. The summed E-state index contributed by atoms with van der Waals surface area (Å²) in [4.78, 5) is 49.5.